The molecular formula is C16H31N3O3. The zero-order valence-corrected chi connectivity index (χ0v) is 14.2. The molecule has 0 aromatic heterocycles. The summed E-state index contributed by atoms with van der Waals surface area (Å²) in [6.07, 6.45) is 2.79. The molecule has 1 amide bonds. The molecule has 2 aliphatic rings. The SMILES string of the molecule is COCCNCC(=O)N1CCC[C@@H]1CN1C[C@@H](C)O[C@H](C)C1. The molecule has 6 heteroatoms. The van der Waals surface area contributed by atoms with Gasteiger partial charge in [0.25, 0.3) is 0 Å². The molecule has 0 saturated carbocycles. The molecule has 128 valence electrons. The van der Waals surface area contributed by atoms with E-state index in [1.807, 2.05) is 0 Å². The van der Waals surface area contributed by atoms with Crippen LogP contribution in [0.4, 0.5) is 0 Å². The lowest BCUT2D eigenvalue weighted by molar-refractivity contribution is -0.132. The lowest BCUT2D eigenvalue weighted by Gasteiger charge is -2.38. The van der Waals surface area contributed by atoms with Crippen molar-refractivity contribution in [3.63, 3.8) is 0 Å². The van der Waals surface area contributed by atoms with Gasteiger partial charge in [0.15, 0.2) is 0 Å². The van der Waals surface area contributed by atoms with E-state index < -0.39 is 0 Å². The molecule has 0 spiro atoms. The van der Waals surface area contributed by atoms with Crippen molar-refractivity contribution < 1.29 is 14.3 Å². The summed E-state index contributed by atoms with van der Waals surface area (Å²) >= 11 is 0. The van der Waals surface area contributed by atoms with E-state index >= 15 is 0 Å². The monoisotopic (exact) mass is 313 g/mol. The summed E-state index contributed by atoms with van der Waals surface area (Å²) in [4.78, 5) is 16.9. The van der Waals surface area contributed by atoms with Gasteiger partial charge in [-0.25, -0.2) is 0 Å². The smallest absolute Gasteiger partial charge is 0.236 e. The third-order valence-electron chi connectivity index (χ3n) is 4.42. The number of likely N-dealkylation sites (tertiary alicyclic amines) is 1. The number of rotatable bonds is 7. The number of hydrogen-bond donors (Lipinski definition) is 1. The number of ether oxygens (including phenoxy) is 2. The summed E-state index contributed by atoms with van der Waals surface area (Å²) in [5, 5.41) is 3.15. The van der Waals surface area contributed by atoms with Gasteiger partial charge in [-0.1, -0.05) is 0 Å². The molecular weight excluding hydrogens is 282 g/mol. The number of amides is 1. The first-order chi connectivity index (χ1) is 10.6. The van der Waals surface area contributed by atoms with E-state index in [-0.39, 0.29) is 18.1 Å². The first-order valence-corrected chi connectivity index (χ1v) is 8.47. The fourth-order valence-corrected chi connectivity index (χ4v) is 3.56. The van der Waals surface area contributed by atoms with Gasteiger partial charge in [0.05, 0.1) is 25.4 Å². The van der Waals surface area contributed by atoms with Crippen LogP contribution < -0.4 is 5.32 Å². The first-order valence-electron chi connectivity index (χ1n) is 8.47. The van der Waals surface area contributed by atoms with Gasteiger partial charge in [-0.3, -0.25) is 9.69 Å². The van der Waals surface area contributed by atoms with E-state index in [0.717, 1.165) is 45.6 Å². The Balaban J connectivity index is 1.78. The van der Waals surface area contributed by atoms with Crippen molar-refractivity contribution in [2.24, 2.45) is 0 Å². The summed E-state index contributed by atoms with van der Waals surface area (Å²) in [5.74, 6) is 0.216. The highest BCUT2D eigenvalue weighted by molar-refractivity contribution is 5.78. The number of nitrogens with one attached hydrogen (secondary N) is 1. The molecule has 2 rings (SSSR count). The molecule has 0 aromatic rings. The number of hydrogen-bond acceptors (Lipinski definition) is 5. The van der Waals surface area contributed by atoms with E-state index in [4.69, 9.17) is 9.47 Å². The highest BCUT2D eigenvalue weighted by atomic mass is 16.5. The molecule has 2 saturated heterocycles. The van der Waals surface area contributed by atoms with Crippen LogP contribution in [0.5, 0.6) is 0 Å². The highest BCUT2D eigenvalue weighted by Crippen LogP contribution is 2.20. The van der Waals surface area contributed by atoms with Gasteiger partial charge in [-0.15, -0.1) is 0 Å². The van der Waals surface area contributed by atoms with Gasteiger partial charge in [-0.2, -0.15) is 0 Å². The van der Waals surface area contributed by atoms with Gasteiger partial charge in [-0.05, 0) is 26.7 Å². The molecule has 0 unspecified atom stereocenters. The fraction of sp³-hybridized carbons (Fsp3) is 0.938. The van der Waals surface area contributed by atoms with Gasteiger partial charge in [0.1, 0.15) is 0 Å². The Bertz CT molecular complexity index is 344. The molecule has 1 N–H and O–H groups in total. The van der Waals surface area contributed by atoms with Crippen molar-refractivity contribution in [3.05, 3.63) is 0 Å². The maximum absolute atomic E-state index is 12.4. The molecule has 6 nitrogen and oxygen atoms in total. The number of methoxy groups -OCH3 is 1. The minimum Gasteiger partial charge on any atom is -0.383 e. The average Bonchev–Trinajstić information content (AvgIpc) is 2.90. The van der Waals surface area contributed by atoms with Crippen LogP contribution in [-0.2, 0) is 14.3 Å². The molecule has 2 fully saturated rings. The number of nitrogens with zero attached hydrogens (tertiary/aromatic N) is 2. The normalized spacial score (nSPS) is 30.0. The highest BCUT2D eigenvalue weighted by Gasteiger charge is 2.32. The summed E-state index contributed by atoms with van der Waals surface area (Å²) < 4.78 is 10.8. The van der Waals surface area contributed by atoms with Crippen molar-refractivity contribution in [3.8, 4) is 0 Å². The maximum Gasteiger partial charge on any atom is 0.236 e. The Labute approximate surface area is 134 Å². The predicted octanol–water partition coefficient (Wildman–Crippen LogP) is 0.323. The van der Waals surface area contributed by atoms with Crippen LogP contribution in [0, 0.1) is 0 Å². The third kappa shape index (κ3) is 5.19. The van der Waals surface area contributed by atoms with E-state index in [1.165, 1.54) is 0 Å². The van der Waals surface area contributed by atoms with Crippen LogP contribution in [0.15, 0.2) is 0 Å². The molecule has 0 bridgehead atoms. The molecule has 3 atom stereocenters. The quantitative estimate of drug-likeness (QED) is 0.686. The molecule has 2 heterocycles. The summed E-state index contributed by atoms with van der Waals surface area (Å²) in [5.41, 5.74) is 0. The second-order valence-corrected chi connectivity index (χ2v) is 6.53. The van der Waals surface area contributed by atoms with Crippen molar-refractivity contribution in [1.82, 2.24) is 15.1 Å². The van der Waals surface area contributed by atoms with Crippen molar-refractivity contribution in [2.75, 3.05) is 53.0 Å². The van der Waals surface area contributed by atoms with E-state index in [1.54, 1.807) is 7.11 Å². The standard InChI is InChI=1S/C16H31N3O3/c1-13-10-18(11-14(2)22-13)12-15-5-4-7-19(15)16(20)9-17-6-8-21-3/h13-15,17H,4-12H2,1-3H3/t13-,14-,15-/m1/s1. The third-order valence-corrected chi connectivity index (χ3v) is 4.42. The predicted molar refractivity (Wildman–Crippen MR) is 85.9 cm³/mol. The molecule has 22 heavy (non-hydrogen) atoms. The van der Waals surface area contributed by atoms with Crippen LogP contribution in [-0.4, -0.2) is 86.9 Å². The molecule has 2 aliphatic heterocycles. The fourth-order valence-electron chi connectivity index (χ4n) is 3.56. The van der Waals surface area contributed by atoms with Crippen molar-refractivity contribution in [2.45, 2.75) is 44.9 Å². The lowest BCUT2D eigenvalue weighted by atomic mass is 10.1. The minimum absolute atomic E-state index is 0.216. The van der Waals surface area contributed by atoms with Crippen LogP contribution in [0.25, 0.3) is 0 Å². The van der Waals surface area contributed by atoms with E-state index in [0.29, 0.717) is 19.2 Å². The van der Waals surface area contributed by atoms with Gasteiger partial charge < -0.3 is 19.7 Å². The number of carbonyl (C=O) groups is 1. The summed E-state index contributed by atoms with van der Waals surface area (Å²) in [6, 6.07) is 0.356. The Hall–Kier alpha value is -0.690. The van der Waals surface area contributed by atoms with Crippen LogP contribution in [0.3, 0.4) is 0 Å². The van der Waals surface area contributed by atoms with Crippen LogP contribution in [0.1, 0.15) is 26.7 Å². The van der Waals surface area contributed by atoms with Gasteiger partial charge in [0, 0.05) is 45.9 Å². The maximum atomic E-state index is 12.4. The van der Waals surface area contributed by atoms with E-state index in [2.05, 4.69) is 29.0 Å². The Kier molecular flexibility index (Phi) is 7.08. The lowest BCUT2D eigenvalue weighted by Crippen LogP contribution is -2.51. The van der Waals surface area contributed by atoms with Crippen molar-refractivity contribution in [1.29, 1.82) is 0 Å². The minimum atomic E-state index is 0.216. The topological polar surface area (TPSA) is 54.0 Å². The zero-order chi connectivity index (χ0) is 15.9. The largest absolute Gasteiger partial charge is 0.383 e. The molecule has 0 radical (unpaired) electrons. The van der Waals surface area contributed by atoms with Crippen molar-refractivity contribution >= 4 is 5.91 Å². The van der Waals surface area contributed by atoms with Gasteiger partial charge in [0.2, 0.25) is 5.91 Å². The number of morpholine rings is 1. The van der Waals surface area contributed by atoms with Crippen LogP contribution in [0.2, 0.25) is 0 Å². The summed E-state index contributed by atoms with van der Waals surface area (Å²) in [6.45, 7) is 9.83. The Morgan fingerprint density at radius 3 is 2.73 bits per heavy atom. The second-order valence-electron chi connectivity index (χ2n) is 6.53. The number of carbonyl (C=O) groups excluding carboxylic acids is 1. The Morgan fingerprint density at radius 1 is 1.32 bits per heavy atom. The molecule has 0 aliphatic carbocycles. The first kappa shape index (κ1) is 17.7. The van der Waals surface area contributed by atoms with Gasteiger partial charge >= 0.3 is 0 Å². The molecule has 0 aromatic carbocycles. The average molecular weight is 313 g/mol. The summed E-state index contributed by atoms with van der Waals surface area (Å²) in [7, 11) is 1.67. The van der Waals surface area contributed by atoms with E-state index in [9.17, 15) is 4.79 Å². The van der Waals surface area contributed by atoms with Crippen LogP contribution >= 0.6 is 0 Å². The zero-order valence-electron chi connectivity index (χ0n) is 14.2. The Morgan fingerprint density at radius 2 is 2.05 bits per heavy atom. The second kappa shape index (κ2) is 8.82.